The second-order valence-corrected chi connectivity index (χ2v) is 8.63. The molecule has 0 aliphatic carbocycles. The number of carbonyl (C=O) groups is 2. The lowest BCUT2D eigenvalue weighted by Gasteiger charge is -2.04. The van der Waals surface area contributed by atoms with Gasteiger partial charge in [0.2, 0.25) is 11.8 Å². The molecule has 9 heteroatoms. The van der Waals surface area contributed by atoms with Crippen LogP contribution in [-0.4, -0.2) is 22.6 Å². The van der Waals surface area contributed by atoms with Gasteiger partial charge in [-0.15, -0.1) is 11.3 Å². The molecule has 0 aliphatic heterocycles. The molecule has 5 nitrogen and oxygen atoms in total. The number of carbonyl (C=O) groups excluding carboxylic acids is 2. The fraction of sp³-hybridized carbons (Fsp3) is 0.105. The number of thioether (sulfide) groups is 1. The van der Waals surface area contributed by atoms with Crippen molar-refractivity contribution in [3.63, 3.8) is 0 Å². The Kier molecular flexibility index (Phi) is 7.33. The number of anilines is 2. The average Bonchev–Trinajstić information content (AvgIpc) is 3.11. The number of aromatic nitrogens is 1. The topological polar surface area (TPSA) is 71.1 Å². The maximum atomic E-state index is 12.1. The molecule has 1 aromatic heterocycles. The third-order valence-electron chi connectivity index (χ3n) is 3.46. The first kappa shape index (κ1) is 20.7. The molecule has 3 rings (SSSR count). The first-order chi connectivity index (χ1) is 13.5. The van der Waals surface area contributed by atoms with Crippen LogP contribution < -0.4 is 10.6 Å². The molecular weight excluding hydrogens is 437 g/mol. The van der Waals surface area contributed by atoms with Gasteiger partial charge in [0.25, 0.3) is 0 Å². The van der Waals surface area contributed by atoms with Crippen LogP contribution in [0.1, 0.15) is 5.69 Å². The lowest BCUT2D eigenvalue weighted by atomic mass is 10.3. The van der Waals surface area contributed by atoms with E-state index in [1.54, 1.807) is 48.5 Å². The minimum absolute atomic E-state index is 0.135. The number of hydrogen-bond donors (Lipinski definition) is 2. The van der Waals surface area contributed by atoms with Crippen LogP contribution >= 0.6 is 46.3 Å². The number of nitrogens with one attached hydrogen (secondary N) is 2. The average molecular weight is 452 g/mol. The smallest absolute Gasteiger partial charge is 0.234 e. The van der Waals surface area contributed by atoms with E-state index in [1.807, 2.05) is 5.38 Å². The Balaban J connectivity index is 1.45. The molecule has 0 bridgehead atoms. The molecule has 0 radical (unpaired) electrons. The van der Waals surface area contributed by atoms with Gasteiger partial charge in [-0.05, 0) is 48.5 Å². The SMILES string of the molecule is O=C(CSc1nc(CC(=O)Nc2ccc(Cl)cc2)cs1)Nc1ccc(Cl)cc1. The van der Waals surface area contributed by atoms with Crippen LogP contribution in [0.5, 0.6) is 0 Å². The third kappa shape index (κ3) is 6.53. The summed E-state index contributed by atoms with van der Waals surface area (Å²) in [5, 5.41) is 8.63. The van der Waals surface area contributed by atoms with Crippen LogP contribution in [0.3, 0.4) is 0 Å². The van der Waals surface area contributed by atoms with Gasteiger partial charge in [0, 0.05) is 26.8 Å². The molecule has 0 unspecified atom stereocenters. The summed E-state index contributed by atoms with van der Waals surface area (Å²) < 4.78 is 0.737. The van der Waals surface area contributed by atoms with Gasteiger partial charge in [-0.3, -0.25) is 9.59 Å². The number of rotatable bonds is 7. The number of hydrogen-bond acceptors (Lipinski definition) is 5. The molecule has 28 heavy (non-hydrogen) atoms. The summed E-state index contributed by atoms with van der Waals surface area (Å²) in [7, 11) is 0. The molecule has 2 amide bonds. The Hall–Kier alpha value is -2.06. The van der Waals surface area contributed by atoms with Gasteiger partial charge < -0.3 is 10.6 Å². The van der Waals surface area contributed by atoms with Gasteiger partial charge in [-0.2, -0.15) is 0 Å². The van der Waals surface area contributed by atoms with E-state index in [1.165, 1.54) is 23.1 Å². The first-order valence-electron chi connectivity index (χ1n) is 8.16. The van der Waals surface area contributed by atoms with Gasteiger partial charge in [-0.1, -0.05) is 35.0 Å². The van der Waals surface area contributed by atoms with Crippen molar-refractivity contribution >= 4 is 69.5 Å². The highest BCUT2D eigenvalue weighted by atomic mass is 35.5. The molecule has 0 spiro atoms. The summed E-state index contributed by atoms with van der Waals surface area (Å²) in [5.41, 5.74) is 2.03. The van der Waals surface area contributed by atoms with E-state index in [4.69, 9.17) is 23.2 Å². The van der Waals surface area contributed by atoms with E-state index in [9.17, 15) is 9.59 Å². The Labute approximate surface area is 180 Å². The van der Waals surface area contributed by atoms with Crippen molar-refractivity contribution in [3.8, 4) is 0 Å². The van der Waals surface area contributed by atoms with Crippen molar-refractivity contribution in [1.29, 1.82) is 0 Å². The zero-order chi connectivity index (χ0) is 19.9. The number of nitrogens with zero attached hydrogens (tertiary/aromatic N) is 1. The van der Waals surface area contributed by atoms with Gasteiger partial charge in [-0.25, -0.2) is 4.98 Å². The largest absolute Gasteiger partial charge is 0.326 e. The Morgan fingerprint density at radius 3 is 2.00 bits per heavy atom. The first-order valence-corrected chi connectivity index (χ1v) is 10.8. The molecule has 1 heterocycles. The number of thiazole rings is 1. The molecule has 0 fully saturated rings. The van der Waals surface area contributed by atoms with Crippen LogP contribution in [0.25, 0.3) is 0 Å². The Bertz CT molecular complexity index is 960. The standard InChI is InChI=1S/C19H15Cl2N3O2S2/c20-12-1-5-14(6-2-12)22-17(25)9-16-10-27-19(24-16)28-11-18(26)23-15-7-3-13(21)4-8-15/h1-8,10H,9,11H2,(H,22,25)(H,23,26). The minimum Gasteiger partial charge on any atom is -0.326 e. The van der Waals surface area contributed by atoms with E-state index in [2.05, 4.69) is 15.6 Å². The summed E-state index contributed by atoms with van der Waals surface area (Å²) in [6, 6.07) is 13.8. The molecule has 144 valence electrons. The Morgan fingerprint density at radius 2 is 1.43 bits per heavy atom. The quantitative estimate of drug-likeness (QED) is 0.474. The van der Waals surface area contributed by atoms with Gasteiger partial charge >= 0.3 is 0 Å². The van der Waals surface area contributed by atoms with Gasteiger partial charge in [0.15, 0.2) is 4.34 Å². The summed E-state index contributed by atoms with van der Waals surface area (Å²) >= 11 is 14.4. The van der Waals surface area contributed by atoms with Crippen molar-refractivity contribution < 1.29 is 9.59 Å². The monoisotopic (exact) mass is 451 g/mol. The van der Waals surface area contributed by atoms with E-state index in [0.717, 1.165) is 4.34 Å². The van der Waals surface area contributed by atoms with Crippen LogP contribution in [0.2, 0.25) is 10.0 Å². The van der Waals surface area contributed by atoms with Crippen molar-refractivity contribution in [3.05, 3.63) is 69.7 Å². The molecule has 0 saturated heterocycles. The lowest BCUT2D eigenvalue weighted by Crippen LogP contribution is -2.14. The number of halogens is 2. The summed E-state index contributed by atoms with van der Waals surface area (Å²) in [4.78, 5) is 28.5. The molecule has 3 aromatic rings. The fourth-order valence-corrected chi connectivity index (χ4v) is 4.09. The molecule has 0 aliphatic rings. The minimum atomic E-state index is -0.162. The van der Waals surface area contributed by atoms with Crippen molar-refractivity contribution in [2.24, 2.45) is 0 Å². The van der Waals surface area contributed by atoms with E-state index in [0.29, 0.717) is 27.1 Å². The van der Waals surface area contributed by atoms with Crippen LogP contribution in [-0.2, 0) is 16.0 Å². The third-order valence-corrected chi connectivity index (χ3v) is 6.03. The number of amides is 2. The van der Waals surface area contributed by atoms with Crippen molar-refractivity contribution in [2.45, 2.75) is 10.8 Å². The molecular formula is C19H15Cl2N3O2S2. The normalized spacial score (nSPS) is 10.5. The summed E-state index contributed by atoms with van der Waals surface area (Å²) in [5.74, 6) is -0.0683. The fourth-order valence-electron chi connectivity index (χ4n) is 2.20. The molecule has 2 N–H and O–H groups in total. The van der Waals surface area contributed by atoms with E-state index >= 15 is 0 Å². The second-order valence-electron chi connectivity index (χ2n) is 5.68. The highest BCUT2D eigenvalue weighted by Gasteiger charge is 2.10. The zero-order valence-electron chi connectivity index (χ0n) is 14.4. The number of benzene rings is 2. The molecule has 0 atom stereocenters. The van der Waals surface area contributed by atoms with E-state index in [-0.39, 0.29) is 24.0 Å². The van der Waals surface area contributed by atoms with Crippen LogP contribution in [0.15, 0.2) is 58.3 Å². The van der Waals surface area contributed by atoms with E-state index < -0.39 is 0 Å². The summed E-state index contributed by atoms with van der Waals surface area (Å²) in [6.45, 7) is 0. The maximum absolute atomic E-state index is 12.1. The van der Waals surface area contributed by atoms with Crippen molar-refractivity contribution in [1.82, 2.24) is 4.98 Å². The van der Waals surface area contributed by atoms with Gasteiger partial charge in [0.05, 0.1) is 17.9 Å². The zero-order valence-corrected chi connectivity index (χ0v) is 17.6. The van der Waals surface area contributed by atoms with Gasteiger partial charge in [0.1, 0.15) is 0 Å². The lowest BCUT2D eigenvalue weighted by molar-refractivity contribution is -0.116. The summed E-state index contributed by atoms with van der Waals surface area (Å²) in [6.07, 6.45) is 0.163. The van der Waals surface area contributed by atoms with Crippen LogP contribution in [0, 0.1) is 0 Å². The molecule has 0 saturated carbocycles. The highest BCUT2D eigenvalue weighted by Crippen LogP contribution is 2.23. The predicted octanol–water partition coefficient (Wildman–Crippen LogP) is 5.36. The highest BCUT2D eigenvalue weighted by molar-refractivity contribution is 8.01. The second kappa shape index (κ2) is 9.93. The predicted molar refractivity (Wildman–Crippen MR) is 117 cm³/mol. The van der Waals surface area contributed by atoms with Crippen LogP contribution in [0.4, 0.5) is 11.4 Å². The Morgan fingerprint density at radius 1 is 0.893 bits per heavy atom. The van der Waals surface area contributed by atoms with Crippen molar-refractivity contribution in [2.75, 3.05) is 16.4 Å². The molecule has 2 aromatic carbocycles. The maximum Gasteiger partial charge on any atom is 0.234 e.